The maximum atomic E-state index is 14.1. The lowest BCUT2D eigenvalue weighted by atomic mass is 9.81. The van der Waals surface area contributed by atoms with Crippen molar-refractivity contribution < 1.29 is 9.53 Å². The molecule has 0 radical (unpaired) electrons. The Morgan fingerprint density at radius 3 is 2.35 bits per heavy atom. The molecule has 0 saturated carbocycles. The van der Waals surface area contributed by atoms with E-state index in [2.05, 4.69) is 95.1 Å². The third-order valence-electron chi connectivity index (χ3n) is 7.56. The van der Waals surface area contributed by atoms with Gasteiger partial charge in [-0.1, -0.05) is 84.9 Å². The van der Waals surface area contributed by atoms with Crippen molar-refractivity contribution in [2.24, 2.45) is 5.92 Å². The molecular weight excluding hydrogens is 420 g/mol. The number of benzene rings is 3. The van der Waals surface area contributed by atoms with Crippen LogP contribution in [0.1, 0.15) is 53.0 Å². The van der Waals surface area contributed by atoms with Gasteiger partial charge >= 0.3 is 0 Å². The van der Waals surface area contributed by atoms with Crippen LogP contribution in [0.2, 0.25) is 0 Å². The predicted octanol–water partition coefficient (Wildman–Crippen LogP) is 5.28. The number of carbonyl (C=O) groups excluding carboxylic acids is 1. The summed E-state index contributed by atoms with van der Waals surface area (Å²) in [6.45, 7) is 2.96. The van der Waals surface area contributed by atoms with Crippen LogP contribution in [-0.2, 0) is 16.1 Å². The maximum absolute atomic E-state index is 14.1. The van der Waals surface area contributed by atoms with Gasteiger partial charge in [0, 0.05) is 32.7 Å². The summed E-state index contributed by atoms with van der Waals surface area (Å²) in [6, 6.07) is 30.0. The number of amides is 1. The Labute approximate surface area is 202 Å². The van der Waals surface area contributed by atoms with Crippen molar-refractivity contribution in [3.63, 3.8) is 0 Å². The molecule has 0 aromatic heterocycles. The molecule has 176 valence electrons. The Kier molecular flexibility index (Phi) is 7.08. The summed E-state index contributed by atoms with van der Waals surface area (Å²) in [6.07, 6.45) is 1.97. The van der Waals surface area contributed by atoms with Gasteiger partial charge in [0.2, 0.25) is 5.91 Å². The molecule has 0 aliphatic carbocycles. The van der Waals surface area contributed by atoms with Gasteiger partial charge in [0.05, 0.1) is 18.6 Å². The van der Waals surface area contributed by atoms with Gasteiger partial charge in [0.1, 0.15) is 0 Å². The van der Waals surface area contributed by atoms with E-state index in [-0.39, 0.29) is 23.8 Å². The van der Waals surface area contributed by atoms with Crippen LogP contribution in [0, 0.1) is 5.92 Å². The molecule has 2 fully saturated rings. The van der Waals surface area contributed by atoms with Gasteiger partial charge in [0.15, 0.2) is 0 Å². The fourth-order valence-corrected chi connectivity index (χ4v) is 5.83. The molecule has 4 atom stereocenters. The molecule has 2 aliphatic heterocycles. The number of hydrogen-bond donors (Lipinski definition) is 1. The Bertz CT molecular complexity index is 1090. The van der Waals surface area contributed by atoms with Gasteiger partial charge in [-0.25, -0.2) is 0 Å². The first-order chi connectivity index (χ1) is 16.7. The summed E-state index contributed by atoms with van der Waals surface area (Å²) < 4.78 is 5.33. The highest BCUT2D eigenvalue weighted by Crippen LogP contribution is 2.41. The summed E-state index contributed by atoms with van der Waals surface area (Å²) in [7, 11) is 1.72. The molecule has 3 aromatic rings. The molecule has 4 heteroatoms. The molecule has 4 nitrogen and oxygen atoms in total. The first-order valence-corrected chi connectivity index (χ1v) is 12.4. The van der Waals surface area contributed by atoms with E-state index in [1.165, 1.54) is 16.7 Å². The Balaban J connectivity index is 1.40. The normalized spacial score (nSPS) is 24.8. The fourth-order valence-electron chi connectivity index (χ4n) is 5.83. The molecule has 2 aliphatic rings. The first kappa shape index (κ1) is 22.8. The van der Waals surface area contributed by atoms with Crippen LogP contribution in [0.5, 0.6) is 0 Å². The van der Waals surface area contributed by atoms with Crippen molar-refractivity contribution in [1.82, 2.24) is 10.2 Å². The molecule has 34 heavy (non-hydrogen) atoms. The number of hydrogen-bond acceptors (Lipinski definition) is 3. The number of rotatable bonds is 6. The van der Waals surface area contributed by atoms with Gasteiger partial charge in [-0.05, 0) is 41.0 Å². The number of carbonyl (C=O) groups is 1. The number of nitrogens with zero attached hydrogens (tertiary/aromatic N) is 1. The third kappa shape index (κ3) is 4.79. The summed E-state index contributed by atoms with van der Waals surface area (Å²) in [4.78, 5) is 16.3. The second kappa shape index (κ2) is 10.5. The number of piperidine rings is 1. The molecule has 2 saturated heterocycles. The maximum Gasteiger partial charge on any atom is 0.228 e. The SMILES string of the molecule is COCc1cccc([C@@H]2CNC[C@H]2C(=O)N2CC[C@H](c3ccccc3)C[C@@H]2c2ccccc2)c1. The number of likely N-dealkylation sites (tertiary alicyclic amines) is 1. The van der Waals surface area contributed by atoms with Gasteiger partial charge < -0.3 is 15.0 Å². The summed E-state index contributed by atoms with van der Waals surface area (Å²) >= 11 is 0. The Morgan fingerprint density at radius 2 is 1.62 bits per heavy atom. The highest BCUT2D eigenvalue weighted by atomic mass is 16.5. The van der Waals surface area contributed by atoms with Crippen molar-refractivity contribution >= 4 is 5.91 Å². The van der Waals surface area contributed by atoms with Crippen molar-refractivity contribution in [2.45, 2.75) is 37.3 Å². The zero-order chi connectivity index (χ0) is 23.3. The fraction of sp³-hybridized carbons (Fsp3) is 0.367. The quantitative estimate of drug-likeness (QED) is 0.551. The Hall–Kier alpha value is -2.95. The summed E-state index contributed by atoms with van der Waals surface area (Å²) in [5, 5.41) is 3.50. The van der Waals surface area contributed by atoms with Crippen LogP contribution >= 0.6 is 0 Å². The van der Waals surface area contributed by atoms with Gasteiger partial charge in [-0.3, -0.25) is 4.79 Å². The van der Waals surface area contributed by atoms with Crippen molar-refractivity contribution in [2.75, 3.05) is 26.7 Å². The molecule has 0 spiro atoms. The van der Waals surface area contributed by atoms with Crippen LogP contribution in [0.15, 0.2) is 84.9 Å². The third-order valence-corrected chi connectivity index (χ3v) is 7.56. The van der Waals surface area contributed by atoms with Crippen LogP contribution in [0.3, 0.4) is 0 Å². The van der Waals surface area contributed by atoms with Crippen LogP contribution in [-0.4, -0.2) is 37.6 Å². The average molecular weight is 455 g/mol. The second-order valence-electron chi connectivity index (χ2n) is 9.64. The van der Waals surface area contributed by atoms with Crippen LogP contribution in [0.25, 0.3) is 0 Å². The van der Waals surface area contributed by atoms with E-state index in [9.17, 15) is 4.79 Å². The van der Waals surface area contributed by atoms with Gasteiger partial charge in [-0.15, -0.1) is 0 Å². The van der Waals surface area contributed by atoms with E-state index in [1.54, 1.807) is 7.11 Å². The zero-order valence-electron chi connectivity index (χ0n) is 19.9. The zero-order valence-corrected chi connectivity index (χ0v) is 19.9. The first-order valence-electron chi connectivity index (χ1n) is 12.4. The monoisotopic (exact) mass is 454 g/mol. The second-order valence-corrected chi connectivity index (χ2v) is 9.64. The minimum Gasteiger partial charge on any atom is -0.380 e. The number of methoxy groups -OCH3 is 1. The van der Waals surface area contributed by atoms with E-state index >= 15 is 0 Å². The lowest BCUT2D eigenvalue weighted by molar-refractivity contribution is -0.139. The van der Waals surface area contributed by atoms with Crippen molar-refractivity contribution in [1.29, 1.82) is 0 Å². The summed E-state index contributed by atoms with van der Waals surface area (Å²) in [5.74, 6) is 0.899. The molecule has 1 N–H and O–H groups in total. The average Bonchev–Trinajstić information content (AvgIpc) is 3.40. The number of nitrogens with one attached hydrogen (secondary N) is 1. The molecular formula is C30H34N2O2. The standard InChI is InChI=1S/C30H34N2O2/c1-34-21-22-9-8-14-26(17-22)27-19-31-20-28(27)30(33)32-16-15-25(23-10-4-2-5-11-23)18-29(32)24-12-6-3-7-13-24/h2-14,17,25,27-29,31H,15-16,18-21H2,1H3/t25-,27-,28+,29+/m0/s1. The molecule has 0 bridgehead atoms. The lowest BCUT2D eigenvalue weighted by Crippen LogP contribution is -2.45. The predicted molar refractivity (Wildman–Crippen MR) is 136 cm³/mol. The molecule has 5 rings (SSSR count). The molecule has 2 heterocycles. The van der Waals surface area contributed by atoms with Crippen molar-refractivity contribution in [3.8, 4) is 0 Å². The lowest BCUT2D eigenvalue weighted by Gasteiger charge is -2.42. The minimum absolute atomic E-state index is 0.0442. The van der Waals surface area contributed by atoms with Gasteiger partial charge in [0.25, 0.3) is 0 Å². The van der Waals surface area contributed by atoms with Crippen molar-refractivity contribution in [3.05, 3.63) is 107 Å². The minimum atomic E-state index is -0.0442. The van der Waals surface area contributed by atoms with Crippen LogP contribution in [0.4, 0.5) is 0 Å². The van der Waals surface area contributed by atoms with E-state index in [4.69, 9.17) is 4.74 Å². The Morgan fingerprint density at radius 1 is 0.912 bits per heavy atom. The largest absolute Gasteiger partial charge is 0.380 e. The van der Waals surface area contributed by atoms with E-state index in [0.717, 1.165) is 38.0 Å². The molecule has 1 amide bonds. The summed E-state index contributed by atoms with van der Waals surface area (Å²) in [5.41, 5.74) is 5.00. The highest BCUT2D eigenvalue weighted by Gasteiger charge is 2.41. The van der Waals surface area contributed by atoms with E-state index < -0.39 is 0 Å². The van der Waals surface area contributed by atoms with E-state index in [1.807, 2.05) is 0 Å². The molecule has 3 aromatic carbocycles. The van der Waals surface area contributed by atoms with Crippen LogP contribution < -0.4 is 5.32 Å². The number of ether oxygens (including phenoxy) is 1. The topological polar surface area (TPSA) is 41.6 Å². The molecule has 0 unspecified atom stereocenters. The highest BCUT2D eigenvalue weighted by molar-refractivity contribution is 5.81. The smallest absolute Gasteiger partial charge is 0.228 e. The van der Waals surface area contributed by atoms with Gasteiger partial charge in [-0.2, -0.15) is 0 Å². The van der Waals surface area contributed by atoms with E-state index in [0.29, 0.717) is 12.5 Å².